The van der Waals surface area contributed by atoms with Crippen LogP contribution in [0.25, 0.3) is 11.2 Å². The highest BCUT2D eigenvalue weighted by molar-refractivity contribution is 7.59. The minimum Gasteiger partial charge on any atom is -0.475 e. The lowest BCUT2D eigenvalue weighted by Gasteiger charge is -2.29. The third-order valence-corrected chi connectivity index (χ3v) is 10.6. The van der Waals surface area contributed by atoms with Crippen molar-refractivity contribution in [2.24, 2.45) is 0 Å². The van der Waals surface area contributed by atoms with Crippen LogP contribution in [-0.4, -0.2) is 61.1 Å². The van der Waals surface area contributed by atoms with Crippen molar-refractivity contribution in [3.63, 3.8) is 0 Å². The second-order valence-electron chi connectivity index (χ2n) is 10.8. The van der Waals surface area contributed by atoms with Gasteiger partial charge in [-0.2, -0.15) is 15.2 Å². The summed E-state index contributed by atoms with van der Waals surface area (Å²) in [5.41, 5.74) is 1.71. The van der Waals surface area contributed by atoms with Crippen LogP contribution in [0.5, 0.6) is 5.88 Å². The molecule has 5 heterocycles. The molecular weight excluding hydrogens is 576 g/mol. The van der Waals surface area contributed by atoms with Crippen LogP contribution < -0.4 is 9.82 Å². The maximum atomic E-state index is 11.6. The molecule has 0 bridgehead atoms. The molecule has 12 nitrogen and oxygen atoms in total. The normalized spacial score (nSPS) is 29.3. The van der Waals surface area contributed by atoms with Crippen LogP contribution in [0, 0.1) is 11.3 Å². The van der Waals surface area contributed by atoms with E-state index in [1.165, 1.54) is 12.5 Å². The van der Waals surface area contributed by atoms with E-state index in [0.717, 1.165) is 25.8 Å². The van der Waals surface area contributed by atoms with Gasteiger partial charge in [-0.15, -0.1) is 0 Å². The SMILES string of the molecule is CC[C@H]1O[C@@H](n2cnc3c(OCCC#N)nc(NPC(C)=O)nc32)CC1O[P@]1O[C@@](C)(c2ccccc2)[C@H]2CCCN21. The van der Waals surface area contributed by atoms with Gasteiger partial charge in [0.2, 0.25) is 11.8 Å². The van der Waals surface area contributed by atoms with Crippen molar-refractivity contribution in [1.82, 2.24) is 24.2 Å². The van der Waals surface area contributed by atoms with E-state index in [-0.39, 0.29) is 63.6 Å². The number of nitrogens with one attached hydrogen (secondary N) is 1. The van der Waals surface area contributed by atoms with E-state index in [4.69, 9.17) is 23.8 Å². The zero-order valence-electron chi connectivity index (χ0n) is 23.9. The van der Waals surface area contributed by atoms with E-state index in [0.29, 0.717) is 17.6 Å². The summed E-state index contributed by atoms with van der Waals surface area (Å²) >= 11 is 0. The fourth-order valence-corrected chi connectivity index (χ4v) is 8.48. The van der Waals surface area contributed by atoms with E-state index in [1.807, 2.05) is 10.6 Å². The first-order valence-corrected chi connectivity index (χ1v) is 16.4. The Bertz CT molecular complexity index is 1470. The largest absolute Gasteiger partial charge is 0.475 e. The molecule has 3 saturated heterocycles. The molecule has 0 saturated carbocycles. The number of hydrogen-bond acceptors (Lipinski definition) is 11. The Hall–Kier alpha value is -2.77. The van der Waals surface area contributed by atoms with Crippen LogP contribution in [0.2, 0.25) is 0 Å². The van der Waals surface area contributed by atoms with Gasteiger partial charge in [0.1, 0.15) is 18.4 Å². The predicted octanol–water partition coefficient (Wildman–Crippen LogP) is 5.39. The first-order chi connectivity index (χ1) is 20.4. The number of carbonyl (C=O) groups excluding carboxylic acids is 1. The molecule has 1 N–H and O–H groups in total. The summed E-state index contributed by atoms with van der Waals surface area (Å²) in [5.74, 6) is 0.511. The van der Waals surface area contributed by atoms with Crippen molar-refractivity contribution in [3.8, 4) is 11.9 Å². The van der Waals surface area contributed by atoms with Crippen molar-refractivity contribution in [1.29, 1.82) is 5.26 Å². The number of ether oxygens (including phenoxy) is 2. The third-order valence-electron chi connectivity index (χ3n) is 8.00. The topological polar surface area (TPSA) is 137 Å². The fraction of sp³-hybridized carbons (Fsp3) is 0.536. The molecule has 3 fully saturated rings. The molecule has 222 valence electrons. The highest BCUT2D eigenvalue weighted by atomic mass is 31.2. The molecule has 0 amide bonds. The van der Waals surface area contributed by atoms with E-state index >= 15 is 0 Å². The van der Waals surface area contributed by atoms with Crippen molar-refractivity contribution in [3.05, 3.63) is 42.2 Å². The molecule has 1 aromatic carbocycles. The molecule has 7 atom stereocenters. The second-order valence-corrected chi connectivity index (χ2v) is 13.4. The molecule has 3 aromatic rings. The Kier molecular flexibility index (Phi) is 8.69. The molecule has 3 aliphatic rings. The Balaban J connectivity index is 1.24. The van der Waals surface area contributed by atoms with Crippen LogP contribution >= 0.6 is 17.3 Å². The van der Waals surface area contributed by atoms with E-state index in [2.05, 4.69) is 68.9 Å². The average Bonchev–Trinajstić information content (AvgIpc) is 3.78. The number of imidazole rings is 1. The van der Waals surface area contributed by atoms with Gasteiger partial charge in [-0.1, -0.05) is 37.3 Å². The van der Waals surface area contributed by atoms with Crippen molar-refractivity contribution in [2.75, 3.05) is 18.2 Å². The number of fused-ring (bicyclic) bond motifs is 2. The van der Waals surface area contributed by atoms with Gasteiger partial charge in [0.05, 0.1) is 37.1 Å². The van der Waals surface area contributed by atoms with Crippen LogP contribution in [0.4, 0.5) is 5.95 Å². The third kappa shape index (κ3) is 5.62. The lowest BCUT2D eigenvalue weighted by Crippen LogP contribution is -2.36. The van der Waals surface area contributed by atoms with Crippen molar-refractivity contribution in [2.45, 2.75) is 83.0 Å². The van der Waals surface area contributed by atoms with Gasteiger partial charge in [-0.25, -0.2) is 9.65 Å². The molecule has 0 radical (unpaired) electrons. The monoisotopic (exact) mass is 611 g/mol. The number of hydrogen-bond donors (Lipinski definition) is 1. The minimum absolute atomic E-state index is 0.0243. The van der Waals surface area contributed by atoms with Crippen LogP contribution in [-0.2, 0) is 24.2 Å². The van der Waals surface area contributed by atoms with Gasteiger partial charge >= 0.3 is 0 Å². The summed E-state index contributed by atoms with van der Waals surface area (Å²) in [6.07, 6.45) is 4.78. The second kappa shape index (κ2) is 12.5. The molecule has 0 spiro atoms. The molecule has 0 aliphatic carbocycles. The molecule has 3 aliphatic heterocycles. The Morgan fingerprint density at radius 2 is 2.17 bits per heavy atom. The molecule has 2 unspecified atom stereocenters. The van der Waals surface area contributed by atoms with Crippen molar-refractivity contribution < 1.29 is 23.3 Å². The maximum Gasteiger partial charge on any atom is 0.260 e. The number of carbonyl (C=O) groups is 1. The van der Waals surface area contributed by atoms with E-state index in [1.54, 1.807) is 6.33 Å². The Morgan fingerprint density at radius 3 is 2.93 bits per heavy atom. The molecule has 42 heavy (non-hydrogen) atoms. The number of aromatic nitrogens is 4. The first-order valence-electron chi connectivity index (χ1n) is 14.3. The van der Waals surface area contributed by atoms with Crippen LogP contribution in [0.15, 0.2) is 36.7 Å². The molecule has 2 aromatic heterocycles. The van der Waals surface area contributed by atoms with E-state index in [9.17, 15) is 4.79 Å². The van der Waals surface area contributed by atoms with Crippen LogP contribution in [0.3, 0.4) is 0 Å². The number of anilines is 1. The molecular formula is C28H35N7O5P2. The van der Waals surface area contributed by atoms with Gasteiger partial charge in [-0.05, 0) is 31.7 Å². The van der Waals surface area contributed by atoms with E-state index < -0.39 is 14.1 Å². The van der Waals surface area contributed by atoms with Gasteiger partial charge < -0.3 is 23.6 Å². The lowest BCUT2D eigenvalue weighted by molar-refractivity contribution is -0.109. The number of nitriles is 1. The Morgan fingerprint density at radius 1 is 1.33 bits per heavy atom. The molecule has 6 rings (SSSR count). The summed E-state index contributed by atoms with van der Waals surface area (Å²) in [7, 11) is -1.46. The van der Waals surface area contributed by atoms with Gasteiger partial charge in [0.15, 0.2) is 16.7 Å². The standard InChI is InChI=1S/C28H35N7O5P2/c1-4-20-21(39-42-35-14-8-12-22(35)28(3,40-42)19-10-6-5-7-11-19)16-23(38-20)34-17-30-24-25(34)31-27(33-41-18(2)36)32-26(24)37-15-9-13-29/h5-7,10-11,17,20-23,41H,4,8-9,12,14-16H2,1-3H3,(H,31,32,33)/t20-,21?,22-,23-,28+,42-/m1/s1. The van der Waals surface area contributed by atoms with Crippen LogP contribution in [0.1, 0.15) is 64.7 Å². The summed E-state index contributed by atoms with van der Waals surface area (Å²) in [6.45, 7) is 6.91. The highest BCUT2D eigenvalue weighted by Gasteiger charge is 2.56. The zero-order valence-corrected chi connectivity index (χ0v) is 25.8. The number of rotatable bonds is 11. The minimum atomic E-state index is -1.27. The summed E-state index contributed by atoms with van der Waals surface area (Å²) in [4.78, 5) is 25.2. The smallest absolute Gasteiger partial charge is 0.260 e. The Labute approximate surface area is 247 Å². The fourth-order valence-electron chi connectivity index (χ4n) is 5.93. The number of nitrogens with zero attached hydrogens (tertiary/aromatic N) is 6. The highest BCUT2D eigenvalue weighted by Crippen LogP contribution is 2.64. The predicted molar refractivity (Wildman–Crippen MR) is 159 cm³/mol. The van der Waals surface area contributed by atoms with Gasteiger partial charge in [0, 0.05) is 28.6 Å². The summed E-state index contributed by atoms with van der Waals surface area (Å²) in [5, 5.41) is 11.9. The summed E-state index contributed by atoms with van der Waals surface area (Å²) < 4.78 is 30.2. The summed E-state index contributed by atoms with van der Waals surface area (Å²) in [6, 6.07) is 12.8. The first kappa shape index (κ1) is 29.3. The quantitative estimate of drug-likeness (QED) is 0.221. The molecule has 14 heteroatoms. The number of benzene rings is 1. The lowest BCUT2D eigenvalue weighted by atomic mass is 9.87. The zero-order chi connectivity index (χ0) is 29.3. The van der Waals surface area contributed by atoms with Crippen molar-refractivity contribution >= 4 is 39.9 Å². The van der Waals surface area contributed by atoms with Gasteiger partial charge in [0.25, 0.3) is 8.53 Å². The maximum absolute atomic E-state index is 11.6. The van der Waals surface area contributed by atoms with Gasteiger partial charge in [-0.3, -0.25) is 9.36 Å². The average molecular weight is 612 g/mol.